The van der Waals surface area contributed by atoms with Crippen LogP contribution in [0.5, 0.6) is 5.75 Å². The molecule has 5 rings (SSSR count). The van der Waals surface area contributed by atoms with Gasteiger partial charge in [0.2, 0.25) is 0 Å². The monoisotopic (exact) mass is 440 g/mol. The molecule has 1 aromatic heterocycles. The molecule has 0 unspecified atom stereocenters. The third kappa shape index (κ3) is 2.61. The minimum absolute atomic E-state index is 0. The van der Waals surface area contributed by atoms with E-state index in [-0.39, 0.29) is 18.6 Å². The number of nitrogens with zero attached hydrogens (tertiary/aromatic N) is 2. The van der Waals surface area contributed by atoms with Crippen molar-refractivity contribution < 1.29 is 20.8 Å². The number of hydrogen-bond acceptors (Lipinski definition) is 6. The first-order valence-electron chi connectivity index (χ1n) is 11.2. The summed E-state index contributed by atoms with van der Waals surface area (Å²) in [6.07, 6.45) is 2.47. The van der Waals surface area contributed by atoms with Gasteiger partial charge in [-0.25, -0.2) is 4.79 Å². The molecule has 3 atom stereocenters. The minimum Gasteiger partial charge on any atom is -0.497 e. The lowest BCUT2D eigenvalue weighted by Gasteiger charge is -2.63. The smallest absolute Gasteiger partial charge is 0.343 e. The highest BCUT2D eigenvalue weighted by Crippen LogP contribution is 2.57. The Hall–Kier alpha value is -2.64. The SMILES string of the molecule is CCn1c2c(cc(C(=O)OC)c1=O)C[C@@]1(O)[C@H]3Cc4ccc(OC)cc4[C@@]1(CCN3C)C2.[HH]. The van der Waals surface area contributed by atoms with Gasteiger partial charge in [0.15, 0.2) is 0 Å². The average molecular weight is 441 g/mol. The number of likely N-dealkylation sites (N-methyl/N-ethyl adjacent to an activating group) is 1. The molecule has 3 aliphatic rings. The van der Waals surface area contributed by atoms with Crippen molar-refractivity contribution in [1.82, 2.24) is 9.47 Å². The van der Waals surface area contributed by atoms with Gasteiger partial charge < -0.3 is 24.0 Å². The van der Waals surface area contributed by atoms with Crippen LogP contribution in [0.25, 0.3) is 0 Å². The molecule has 2 heterocycles. The number of aliphatic hydroxyl groups is 1. The van der Waals surface area contributed by atoms with Crippen molar-refractivity contribution in [3.8, 4) is 5.75 Å². The molecule has 0 amide bonds. The Bertz CT molecular complexity index is 1180. The van der Waals surface area contributed by atoms with Crippen molar-refractivity contribution in [3.05, 3.63) is 62.6 Å². The number of carbonyl (C=O) groups is 1. The number of fused-ring (bicyclic) bond motifs is 2. The molecule has 1 aliphatic heterocycles. The molecule has 1 saturated heterocycles. The molecule has 2 aromatic rings. The summed E-state index contributed by atoms with van der Waals surface area (Å²) >= 11 is 0. The molecule has 0 spiro atoms. The zero-order valence-electron chi connectivity index (χ0n) is 19.1. The van der Waals surface area contributed by atoms with E-state index < -0.39 is 17.0 Å². The number of ether oxygens (including phenoxy) is 2. The van der Waals surface area contributed by atoms with Crippen molar-refractivity contribution in [2.24, 2.45) is 0 Å². The van der Waals surface area contributed by atoms with E-state index >= 15 is 0 Å². The zero-order valence-corrected chi connectivity index (χ0v) is 19.1. The molecule has 2 aliphatic carbocycles. The number of rotatable bonds is 3. The highest BCUT2D eigenvalue weighted by molar-refractivity contribution is 5.89. The second-order valence-electron chi connectivity index (χ2n) is 9.40. The molecule has 0 radical (unpaired) electrons. The van der Waals surface area contributed by atoms with Crippen molar-refractivity contribution in [2.45, 2.75) is 56.2 Å². The van der Waals surface area contributed by atoms with Crippen LogP contribution >= 0.6 is 0 Å². The molecule has 1 aromatic carbocycles. The van der Waals surface area contributed by atoms with Gasteiger partial charge in [0.05, 0.1) is 19.8 Å². The van der Waals surface area contributed by atoms with Gasteiger partial charge in [-0.3, -0.25) is 4.79 Å². The number of likely N-dealkylation sites (tertiary alicyclic amines) is 1. The maximum atomic E-state index is 13.2. The van der Waals surface area contributed by atoms with E-state index in [9.17, 15) is 14.7 Å². The van der Waals surface area contributed by atoms with Gasteiger partial charge in [0.25, 0.3) is 5.56 Å². The summed E-state index contributed by atoms with van der Waals surface area (Å²) in [5, 5.41) is 12.4. The van der Waals surface area contributed by atoms with Gasteiger partial charge in [-0.05, 0) is 68.2 Å². The molecule has 32 heavy (non-hydrogen) atoms. The van der Waals surface area contributed by atoms with E-state index in [0.29, 0.717) is 19.4 Å². The molecule has 172 valence electrons. The van der Waals surface area contributed by atoms with Gasteiger partial charge in [0.1, 0.15) is 11.3 Å². The van der Waals surface area contributed by atoms with Gasteiger partial charge in [-0.1, -0.05) is 6.07 Å². The van der Waals surface area contributed by atoms with E-state index in [1.54, 1.807) is 17.7 Å². The summed E-state index contributed by atoms with van der Waals surface area (Å²) in [6.45, 7) is 3.24. The number of methoxy groups -OCH3 is 2. The fourth-order valence-corrected chi connectivity index (χ4v) is 6.54. The van der Waals surface area contributed by atoms with E-state index in [1.165, 1.54) is 12.7 Å². The molecule has 2 bridgehead atoms. The molecule has 0 saturated carbocycles. The molecule has 7 nitrogen and oxygen atoms in total. The fraction of sp³-hybridized carbons (Fsp3) is 0.520. The van der Waals surface area contributed by atoms with Crippen LogP contribution in [0.3, 0.4) is 0 Å². The highest BCUT2D eigenvalue weighted by atomic mass is 16.5. The Morgan fingerprint density at radius 3 is 2.72 bits per heavy atom. The maximum Gasteiger partial charge on any atom is 0.343 e. The summed E-state index contributed by atoms with van der Waals surface area (Å²) in [5.41, 5.74) is 2.29. The molecule has 7 heteroatoms. The largest absolute Gasteiger partial charge is 0.497 e. The molecular formula is C25H32N2O5. The number of carbonyl (C=O) groups excluding carboxylic acids is 1. The minimum atomic E-state index is -1.02. The van der Waals surface area contributed by atoms with Crippen molar-refractivity contribution in [3.63, 3.8) is 0 Å². The summed E-state index contributed by atoms with van der Waals surface area (Å²) in [5.74, 6) is 0.140. The van der Waals surface area contributed by atoms with E-state index in [4.69, 9.17) is 9.47 Å². The van der Waals surface area contributed by atoms with Gasteiger partial charge in [0, 0.05) is 38.0 Å². The first-order chi connectivity index (χ1) is 15.3. The normalized spacial score (nSPS) is 28.3. The summed E-state index contributed by atoms with van der Waals surface area (Å²) in [6, 6.07) is 7.77. The molecule has 1 fully saturated rings. The molecular weight excluding hydrogens is 408 g/mol. The van der Waals surface area contributed by atoms with E-state index in [2.05, 4.69) is 24.1 Å². The third-order valence-corrected chi connectivity index (χ3v) is 8.19. The Morgan fingerprint density at radius 1 is 1.25 bits per heavy atom. The summed E-state index contributed by atoms with van der Waals surface area (Å²) in [4.78, 5) is 27.7. The van der Waals surface area contributed by atoms with Gasteiger partial charge >= 0.3 is 5.97 Å². The van der Waals surface area contributed by atoms with Crippen LogP contribution in [-0.4, -0.2) is 60.0 Å². The summed E-state index contributed by atoms with van der Waals surface area (Å²) < 4.78 is 12.1. The van der Waals surface area contributed by atoms with Crippen molar-refractivity contribution in [1.29, 1.82) is 0 Å². The fourth-order valence-electron chi connectivity index (χ4n) is 6.54. The summed E-state index contributed by atoms with van der Waals surface area (Å²) in [7, 11) is 5.01. The number of esters is 1. The van der Waals surface area contributed by atoms with Crippen molar-refractivity contribution >= 4 is 5.97 Å². The quantitative estimate of drug-likeness (QED) is 0.735. The van der Waals surface area contributed by atoms with Crippen LogP contribution in [0.4, 0.5) is 0 Å². The third-order valence-electron chi connectivity index (χ3n) is 8.19. The van der Waals surface area contributed by atoms with Crippen LogP contribution in [0.2, 0.25) is 0 Å². The highest BCUT2D eigenvalue weighted by Gasteiger charge is 2.64. The number of pyridine rings is 1. The lowest BCUT2D eigenvalue weighted by atomic mass is 9.49. The van der Waals surface area contributed by atoms with Crippen LogP contribution < -0.4 is 10.3 Å². The van der Waals surface area contributed by atoms with Crippen LogP contribution in [0.15, 0.2) is 29.1 Å². The number of piperidine rings is 1. The van der Waals surface area contributed by atoms with E-state index in [0.717, 1.165) is 42.0 Å². The van der Waals surface area contributed by atoms with Crippen LogP contribution in [0, 0.1) is 0 Å². The second kappa shape index (κ2) is 7.18. The standard InChI is InChI=1S/C25H30N2O5.H2/c1-5-27-20-14-24-8-9-26(2)21(11-15-6-7-17(31-3)12-19(15)24)25(24,30)13-16(20)10-18(22(27)28)23(29)32-4;/h6-7,10,12,21,30H,5,8-9,11,13-14H2,1-4H3;1H/t21-,24-,25-;/m1./s1. The lowest BCUT2D eigenvalue weighted by Crippen LogP contribution is -2.73. The van der Waals surface area contributed by atoms with Crippen LogP contribution in [-0.2, 0) is 36.0 Å². The Balaban J connectivity index is 0.00000259. The predicted molar refractivity (Wildman–Crippen MR) is 122 cm³/mol. The Kier molecular flexibility index (Phi) is 4.76. The Morgan fingerprint density at radius 2 is 2.03 bits per heavy atom. The topological polar surface area (TPSA) is 81.0 Å². The van der Waals surface area contributed by atoms with Crippen molar-refractivity contribution in [2.75, 3.05) is 27.8 Å². The predicted octanol–water partition coefficient (Wildman–Crippen LogP) is 1.94. The Labute approximate surface area is 189 Å². The average Bonchev–Trinajstić information content (AvgIpc) is 2.79. The second-order valence-corrected chi connectivity index (χ2v) is 9.40. The van der Waals surface area contributed by atoms with Gasteiger partial charge in [-0.2, -0.15) is 0 Å². The number of hydrogen-bond donors (Lipinski definition) is 1. The van der Waals surface area contributed by atoms with Crippen LogP contribution in [0.1, 0.15) is 47.5 Å². The maximum absolute atomic E-state index is 13.2. The number of aromatic nitrogens is 1. The number of benzene rings is 1. The zero-order chi connectivity index (χ0) is 22.8. The van der Waals surface area contributed by atoms with E-state index in [1.807, 2.05) is 13.0 Å². The molecule has 1 N–H and O–H groups in total. The first kappa shape index (κ1) is 21.2. The lowest BCUT2D eigenvalue weighted by molar-refractivity contribution is -0.145. The van der Waals surface area contributed by atoms with Gasteiger partial charge in [-0.15, -0.1) is 0 Å². The first-order valence-corrected chi connectivity index (χ1v) is 11.2.